The van der Waals surface area contributed by atoms with Crippen molar-refractivity contribution in [3.05, 3.63) is 53.6 Å². The summed E-state index contributed by atoms with van der Waals surface area (Å²) >= 11 is 0. The molecule has 5 heteroatoms. The maximum Gasteiger partial charge on any atom is 0.337 e. The van der Waals surface area contributed by atoms with E-state index >= 15 is 0 Å². The van der Waals surface area contributed by atoms with E-state index in [-0.39, 0.29) is 17.8 Å². The lowest BCUT2D eigenvalue weighted by Gasteiger charge is -2.14. The molecule has 2 aromatic carbocycles. The van der Waals surface area contributed by atoms with E-state index in [1.807, 2.05) is 12.1 Å². The lowest BCUT2D eigenvalue weighted by Crippen LogP contribution is -2.12. The number of phenols is 1. The van der Waals surface area contributed by atoms with Crippen molar-refractivity contribution in [2.45, 2.75) is 6.04 Å². The summed E-state index contributed by atoms with van der Waals surface area (Å²) in [6.45, 7) is 0.473. The summed E-state index contributed by atoms with van der Waals surface area (Å²) in [5.41, 5.74) is 2.29. The Morgan fingerprint density at radius 1 is 1.33 bits per heavy atom. The van der Waals surface area contributed by atoms with Crippen LogP contribution in [0.3, 0.4) is 0 Å². The van der Waals surface area contributed by atoms with Crippen LogP contribution in [0.4, 0.5) is 5.69 Å². The maximum absolute atomic E-state index is 11.5. The number of anilines is 1. The van der Waals surface area contributed by atoms with Crippen molar-refractivity contribution in [2.75, 3.05) is 19.0 Å². The highest BCUT2D eigenvalue weighted by Gasteiger charge is 2.24. The highest BCUT2D eigenvalue weighted by molar-refractivity contribution is 5.90. The zero-order valence-corrected chi connectivity index (χ0v) is 11.5. The number of methoxy groups -OCH3 is 1. The van der Waals surface area contributed by atoms with E-state index in [9.17, 15) is 9.90 Å². The number of fused-ring (bicyclic) bond motifs is 1. The van der Waals surface area contributed by atoms with Gasteiger partial charge in [-0.2, -0.15) is 0 Å². The molecule has 1 atom stereocenters. The molecule has 3 rings (SSSR count). The number of esters is 1. The second kappa shape index (κ2) is 5.36. The van der Waals surface area contributed by atoms with Crippen LogP contribution in [0.5, 0.6) is 11.5 Å². The molecule has 108 valence electrons. The van der Waals surface area contributed by atoms with Gasteiger partial charge in [-0.3, -0.25) is 0 Å². The van der Waals surface area contributed by atoms with Crippen molar-refractivity contribution >= 4 is 11.7 Å². The lowest BCUT2D eigenvalue weighted by atomic mass is 10.1. The minimum Gasteiger partial charge on any atom is -0.508 e. The number of rotatable bonds is 3. The Labute approximate surface area is 122 Å². The Kier molecular flexibility index (Phi) is 3.39. The van der Waals surface area contributed by atoms with E-state index < -0.39 is 0 Å². The Bertz CT molecular complexity index is 684. The predicted molar refractivity (Wildman–Crippen MR) is 77.7 cm³/mol. The summed E-state index contributed by atoms with van der Waals surface area (Å²) in [7, 11) is 1.36. The summed E-state index contributed by atoms with van der Waals surface area (Å²) in [4.78, 5) is 11.5. The van der Waals surface area contributed by atoms with Gasteiger partial charge in [-0.05, 0) is 30.3 Å². The van der Waals surface area contributed by atoms with Crippen molar-refractivity contribution in [3.8, 4) is 11.5 Å². The van der Waals surface area contributed by atoms with Crippen LogP contribution in [0, 0.1) is 0 Å². The Hall–Kier alpha value is -2.69. The summed E-state index contributed by atoms with van der Waals surface area (Å²) in [5, 5.41) is 12.8. The largest absolute Gasteiger partial charge is 0.508 e. The molecule has 5 nitrogen and oxygen atoms in total. The monoisotopic (exact) mass is 285 g/mol. The third-order valence-electron chi connectivity index (χ3n) is 3.40. The van der Waals surface area contributed by atoms with Crippen LogP contribution in [0.15, 0.2) is 42.5 Å². The number of hydrogen-bond acceptors (Lipinski definition) is 5. The van der Waals surface area contributed by atoms with Gasteiger partial charge >= 0.3 is 5.97 Å². The molecule has 1 aliphatic heterocycles. The molecule has 0 spiro atoms. The van der Waals surface area contributed by atoms with Crippen LogP contribution in [0.1, 0.15) is 22.0 Å². The average molecular weight is 285 g/mol. The van der Waals surface area contributed by atoms with Crippen molar-refractivity contribution in [1.82, 2.24) is 0 Å². The highest BCUT2D eigenvalue weighted by atomic mass is 16.5. The minimum atomic E-state index is -0.369. The Morgan fingerprint density at radius 2 is 2.19 bits per heavy atom. The molecule has 2 aromatic rings. The summed E-state index contributed by atoms with van der Waals surface area (Å²) in [6, 6.07) is 12.2. The van der Waals surface area contributed by atoms with Gasteiger partial charge in [-0.25, -0.2) is 4.79 Å². The normalized spacial score (nSPS) is 16.0. The molecular formula is C16H15NO4. The molecule has 0 amide bonds. The fourth-order valence-electron chi connectivity index (χ4n) is 2.37. The molecule has 1 heterocycles. The van der Waals surface area contributed by atoms with Gasteiger partial charge in [0.15, 0.2) is 0 Å². The van der Waals surface area contributed by atoms with Gasteiger partial charge in [0.05, 0.1) is 18.7 Å². The van der Waals surface area contributed by atoms with Gasteiger partial charge in [0, 0.05) is 17.3 Å². The summed E-state index contributed by atoms with van der Waals surface area (Å²) < 4.78 is 10.3. The van der Waals surface area contributed by atoms with Gasteiger partial charge in [0.25, 0.3) is 0 Å². The number of phenolic OH excluding ortho intramolecular Hbond substituents is 1. The zero-order valence-electron chi connectivity index (χ0n) is 11.5. The molecule has 1 aliphatic rings. The van der Waals surface area contributed by atoms with E-state index in [2.05, 4.69) is 5.32 Å². The molecule has 21 heavy (non-hydrogen) atoms. The van der Waals surface area contributed by atoms with Crippen LogP contribution in [-0.4, -0.2) is 24.8 Å². The van der Waals surface area contributed by atoms with Crippen LogP contribution >= 0.6 is 0 Å². The summed E-state index contributed by atoms with van der Waals surface area (Å²) in [6.07, 6.45) is 0. The van der Waals surface area contributed by atoms with E-state index in [0.29, 0.717) is 17.9 Å². The fourth-order valence-corrected chi connectivity index (χ4v) is 2.37. The molecule has 0 fully saturated rings. The van der Waals surface area contributed by atoms with Gasteiger partial charge in [0.1, 0.15) is 18.1 Å². The number of aromatic hydroxyl groups is 1. The number of carbonyl (C=O) groups is 1. The number of ether oxygens (including phenoxy) is 2. The van der Waals surface area contributed by atoms with E-state index in [1.54, 1.807) is 30.3 Å². The molecule has 0 radical (unpaired) electrons. The quantitative estimate of drug-likeness (QED) is 0.849. The standard InChI is InChI=1S/C16H15NO4/c1-20-16(19)10-3-2-4-11(7-10)17-14-9-21-15-8-12(18)5-6-13(14)15/h2-8,14,17-18H,9H2,1H3. The molecule has 1 unspecified atom stereocenters. The fraction of sp³-hybridized carbons (Fsp3) is 0.188. The maximum atomic E-state index is 11.5. The Balaban J connectivity index is 1.81. The van der Waals surface area contributed by atoms with Crippen LogP contribution in [-0.2, 0) is 4.74 Å². The molecule has 0 saturated heterocycles. The third kappa shape index (κ3) is 2.63. The smallest absolute Gasteiger partial charge is 0.337 e. The summed E-state index contributed by atoms with van der Waals surface area (Å²) in [5.74, 6) is 0.491. The number of benzene rings is 2. The molecule has 0 bridgehead atoms. The second-order valence-electron chi connectivity index (χ2n) is 4.80. The first kappa shape index (κ1) is 13.3. The van der Waals surface area contributed by atoms with Crippen molar-refractivity contribution < 1.29 is 19.4 Å². The topological polar surface area (TPSA) is 67.8 Å². The minimum absolute atomic E-state index is 0.0199. The number of hydrogen-bond donors (Lipinski definition) is 2. The third-order valence-corrected chi connectivity index (χ3v) is 3.40. The molecule has 0 aromatic heterocycles. The Morgan fingerprint density at radius 3 is 3.00 bits per heavy atom. The van der Waals surface area contributed by atoms with Crippen LogP contribution in [0.2, 0.25) is 0 Å². The van der Waals surface area contributed by atoms with Crippen molar-refractivity contribution in [1.29, 1.82) is 0 Å². The molecule has 0 saturated carbocycles. The first-order chi connectivity index (χ1) is 10.2. The highest BCUT2D eigenvalue weighted by Crippen LogP contribution is 2.36. The van der Waals surface area contributed by atoms with Gasteiger partial charge in [-0.15, -0.1) is 0 Å². The second-order valence-corrected chi connectivity index (χ2v) is 4.80. The van der Waals surface area contributed by atoms with Gasteiger partial charge in [0.2, 0.25) is 0 Å². The van der Waals surface area contributed by atoms with E-state index in [0.717, 1.165) is 11.3 Å². The number of nitrogens with one attached hydrogen (secondary N) is 1. The van der Waals surface area contributed by atoms with E-state index in [1.165, 1.54) is 7.11 Å². The molecule has 0 aliphatic carbocycles. The van der Waals surface area contributed by atoms with Crippen LogP contribution in [0.25, 0.3) is 0 Å². The van der Waals surface area contributed by atoms with Gasteiger partial charge < -0.3 is 19.9 Å². The SMILES string of the molecule is COC(=O)c1cccc(NC2COc3cc(O)ccc32)c1. The van der Waals surface area contributed by atoms with E-state index in [4.69, 9.17) is 9.47 Å². The lowest BCUT2D eigenvalue weighted by molar-refractivity contribution is 0.0601. The zero-order chi connectivity index (χ0) is 14.8. The van der Waals surface area contributed by atoms with Crippen molar-refractivity contribution in [2.24, 2.45) is 0 Å². The predicted octanol–water partition coefficient (Wildman–Crippen LogP) is 2.72. The van der Waals surface area contributed by atoms with Crippen molar-refractivity contribution in [3.63, 3.8) is 0 Å². The molecular weight excluding hydrogens is 270 g/mol. The first-order valence-electron chi connectivity index (χ1n) is 6.58. The van der Waals surface area contributed by atoms with Gasteiger partial charge in [-0.1, -0.05) is 6.07 Å². The first-order valence-corrected chi connectivity index (χ1v) is 6.58. The molecule has 2 N–H and O–H groups in total. The number of carbonyl (C=O) groups excluding carboxylic acids is 1. The average Bonchev–Trinajstić information content (AvgIpc) is 2.89. The van der Waals surface area contributed by atoms with Crippen LogP contribution < -0.4 is 10.1 Å².